The van der Waals surface area contributed by atoms with Gasteiger partial charge in [0.25, 0.3) is 0 Å². The van der Waals surface area contributed by atoms with Crippen LogP contribution in [0.4, 0.5) is 4.79 Å². The highest BCUT2D eigenvalue weighted by Gasteiger charge is 2.58. The minimum Gasteiger partial charge on any atom is -0.393 e. The van der Waals surface area contributed by atoms with Gasteiger partial charge < -0.3 is 25.2 Å². The molecule has 2 heterocycles. The summed E-state index contributed by atoms with van der Waals surface area (Å²) in [5.74, 6) is -0.153. The fraction of sp³-hybridized carbons (Fsp3) is 0.467. The molecular weight excluding hydrogens is 681 g/mol. The molecule has 1 aromatic heterocycles. The normalized spacial score (nSPS) is 26.8. The van der Waals surface area contributed by atoms with Crippen molar-refractivity contribution in [2.45, 2.75) is 108 Å². The highest BCUT2D eigenvalue weighted by molar-refractivity contribution is 7.21. The Balaban J connectivity index is 1.26. The van der Waals surface area contributed by atoms with Crippen LogP contribution >= 0.6 is 11.3 Å². The molecule has 2 amide bonds. The van der Waals surface area contributed by atoms with E-state index in [1.807, 2.05) is 73.7 Å². The largest absolute Gasteiger partial charge is 0.393 e. The number of hydrogen-bond acceptors (Lipinski definition) is 6. The molecular formula is C45H54N2O5S. The molecule has 1 saturated heterocycles. The number of carbonyl (C=O) groups is 2. The number of fused-ring (bicyclic) bond motifs is 9. The number of thiophene rings is 1. The monoisotopic (exact) mass is 734 g/mol. The van der Waals surface area contributed by atoms with Crippen molar-refractivity contribution in [1.82, 2.24) is 10.2 Å². The van der Waals surface area contributed by atoms with E-state index in [1.54, 1.807) is 4.90 Å². The zero-order valence-corrected chi connectivity index (χ0v) is 32.2. The summed E-state index contributed by atoms with van der Waals surface area (Å²) in [6, 6.07) is 25.7. The van der Waals surface area contributed by atoms with Crippen molar-refractivity contribution in [3.63, 3.8) is 0 Å². The predicted octanol–water partition coefficient (Wildman–Crippen LogP) is 9.12. The lowest BCUT2D eigenvalue weighted by atomic mass is 9.64. The molecule has 0 spiro atoms. The van der Waals surface area contributed by atoms with Gasteiger partial charge in [0, 0.05) is 28.8 Å². The van der Waals surface area contributed by atoms with Crippen LogP contribution in [0.25, 0.3) is 10.1 Å². The van der Waals surface area contributed by atoms with Crippen molar-refractivity contribution in [3.8, 4) is 0 Å². The summed E-state index contributed by atoms with van der Waals surface area (Å²) in [4.78, 5) is 31.3. The topological polar surface area (TPSA) is 99.1 Å². The molecule has 3 aromatic carbocycles. The average Bonchev–Trinajstić information content (AvgIpc) is 3.89. The average molecular weight is 735 g/mol. The van der Waals surface area contributed by atoms with E-state index in [1.165, 1.54) is 16.9 Å². The van der Waals surface area contributed by atoms with E-state index in [-0.39, 0.29) is 36.4 Å². The van der Waals surface area contributed by atoms with Crippen LogP contribution in [0.5, 0.6) is 0 Å². The zero-order valence-electron chi connectivity index (χ0n) is 31.4. The van der Waals surface area contributed by atoms with Crippen molar-refractivity contribution in [2.75, 3.05) is 19.7 Å². The van der Waals surface area contributed by atoms with Gasteiger partial charge >= 0.3 is 6.03 Å². The van der Waals surface area contributed by atoms with E-state index in [9.17, 15) is 19.8 Å². The van der Waals surface area contributed by atoms with Gasteiger partial charge in [0.2, 0.25) is 5.78 Å². The molecule has 4 aromatic rings. The first-order chi connectivity index (χ1) is 25.5. The van der Waals surface area contributed by atoms with Crippen molar-refractivity contribution >= 4 is 33.2 Å². The van der Waals surface area contributed by atoms with E-state index in [2.05, 4.69) is 37.4 Å². The summed E-state index contributed by atoms with van der Waals surface area (Å²) < 4.78 is 7.11. The quantitative estimate of drug-likeness (QED) is 0.124. The highest BCUT2D eigenvalue weighted by Crippen LogP contribution is 2.59. The molecule has 8 heteroatoms. The number of nitrogens with one attached hydrogen (secondary N) is 1. The summed E-state index contributed by atoms with van der Waals surface area (Å²) >= 11 is 1.51. The Morgan fingerprint density at radius 1 is 1.02 bits per heavy atom. The number of nitrogens with zero attached hydrogens (tertiary/aromatic N) is 1. The number of hydrogen-bond donors (Lipinski definition) is 3. The van der Waals surface area contributed by atoms with Gasteiger partial charge in [-0.1, -0.05) is 79.2 Å². The van der Waals surface area contributed by atoms with Crippen LogP contribution in [0.15, 0.2) is 90.5 Å². The number of rotatable bonds is 8. The Bertz CT molecular complexity index is 1920. The van der Waals surface area contributed by atoms with E-state index in [0.717, 1.165) is 52.5 Å². The summed E-state index contributed by atoms with van der Waals surface area (Å²) in [5, 5.41) is 28.4. The highest BCUT2D eigenvalue weighted by atomic mass is 32.1. The molecule has 0 unspecified atom stereocenters. The number of aliphatic hydroxyl groups excluding tert-OH is 1. The molecule has 2 fully saturated rings. The SMILES string of the molecule is CC1=CCC[C@@]2(C)[C@@H](CC[C@@]2(O)CN(C[C@H]2CCCO2)C(=O)N[C@H](C)c2ccccc2)c2ccc(cc2C(=O)c2cc3ccccc3s2)C[C@@H](O)CC1. The smallest absolute Gasteiger partial charge is 0.318 e. The minimum absolute atomic E-state index is 0.0209. The van der Waals surface area contributed by atoms with Crippen molar-refractivity contribution in [3.05, 3.63) is 118 Å². The fourth-order valence-electron chi connectivity index (χ4n) is 9.09. The maximum absolute atomic E-state index is 14.6. The van der Waals surface area contributed by atoms with Gasteiger partial charge in [0.1, 0.15) is 0 Å². The Hall–Kier alpha value is -3.82. The Labute approximate surface area is 318 Å². The van der Waals surface area contributed by atoms with Gasteiger partial charge in [0.05, 0.1) is 35.3 Å². The lowest BCUT2D eigenvalue weighted by Crippen LogP contribution is -2.56. The van der Waals surface area contributed by atoms with Gasteiger partial charge in [0.15, 0.2) is 0 Å². The van der Waals surface area contributed by atoms with Crippen LogP contribution in [0.1, 0.15) is 116 Å². The van der Waals surface area contributed by atoms with Gasteiger partial charge in [-0.25, -0.2) is 4.79 Å². The first-order valence-electron chi connectivity index (χ1n) is 19.5. The van der Waals surface area contributed by atoms with Crippen molar-refractivity contribution in [2.24, 2.45) is 5.41 Å². The lowest BCUT2D eigenvalue weighted by Gasteiger charge is -2.46. The van der Waals surface area contributed by atoms with Gasteiger partial charge in [-0.15, -0.1) is 11.3 Å². The standard InChI is InChI=1S/C45H54N2O5S/c1-30-11-9-22-44(3)39(21-23-45(44,51)29-47(28-36-15-10-24-52-36)43(50)46-31(2)33-12-5-4-6-13-33)37-20-18-32(25-35(48)19-17-30)26-38(37)42(49)41-27-34-14-7-8-16-40(34)53-41/h4-8,11-14,16,18,20,26-27,31,35-36,39,48,51H,9-10,15,17,19,21-25,28-29H2,1-3H3,(H,46,50)/t31-,35+,36-,39+,44+,45-/m1/s1. The molecule has 3 N–H and O–H groups in total. The predicted molar refractivity (Wildman–Crippen MR) is 213 cm³/mol. The number of amides is 2. The maximum Gasteiger partial charge on any atom is 0.318 e. The molecule has 0 radical (unpaired) electrons. The zero-order chi connectivity index (χ0) is 37.2. The van der Waals surface area contributed by atoms with Crippen LogP contribution in [0, 0.1) is 5.41 Å². The first kappa shape index (κ1) is 37.5. The van der Waals surface area contributed by atoms with Crippen molar-refractivity contribution in [1.29, 1.82) is 0 Å². The molecule has 4 aliphatic rings. The number of benzene rings is 3. The van der Waals surface area contributed by atoms with Gasteiger partial charge in [-0.3, -0.25) is 4.79 Å². The summed E-state index contributed by atoms with van der Waals surface area (Å²) in [5.41, 5.74) is 2.88. The summed E-state index contributed by atoms with van der Waals surface area (Å²) in [7, 11) is 0. The molecule has 2 bridgehead atoms. The second kappa shape index (κ2) is 15.9. The van der Waals surface area contributed by atoms with E-state index in [4.69, 9.17) is 4.74 Å². The number of carbonyl (C=O) groups excluding carboxylic acids is 2. The molecule has 1 saturated carbocycles. The molecule has 6 atom stereocenters. The molecule has 7 nitrogen and oxygen atoms in total. The van der Waals surface area contributed by atoms with Crippen LogP contribution in [0.2, 0.25) is 0 Å². The molecule has 1 aliphatic heterocycles. The number of allylic oxidation sites excluding steroid dienone is 2. The lowest BCUT2D eigenvalue weighted by molar-refractivity contribution is -0.0808. The van der Waals surface area contributed by atoms with Crippen LogP contribution in [-0.4, -0.2) is 64.4 Å². The number of aliphatic hydroxyl groups is 2. The third-order valence-corrected chi connectivity index (χ3v) is 13.5. The van der Waals surface area contributed by atoms with Crippen molar-refractivity contribution < 1.29 is 24.5 Å². The second-order valence-corrected chi connectivity index (χ2v) is 17.1. The van der Waals surface area contributed by atoms with E-state index in [0.29, 0.717) is 55.7 Å². The van der Waals surface area contributed by atoms with E-state index >= 15 is 0 Å². The molecule has 8 rings (SSSR count). The molecule has 3 aliphatic carbocycles. The maximum atomic E-state index is 14.6. The molecule has 53 heavy (non-hydrogen) atoms. The summed E-state index contributed by atoms with van der Waals surface area (Å²) in [6.07, 6.45) is 8.01. The van der Waals surface area contributed by atoms with Gasteiger partial charge in [-0.2, -0.15) is 0 Å². The van der Waals surface area contributed by atoms with Crippen LogP contribution < -0.4 is 5.32 Å². The second-order valence-electron chi connectivity index (χ2n) is 16.0. The minimum atomic E-state index is -1.23. The number of ether oxygens (including phenoxy) is 1. The van der Waals surface area contributed by atoms with E-state index < -0.39 is 17.1 Å². The molecule has 280 valence electrons. The fourth-order valence-corrected chi connectivity index (χ4v) is 10.1. The summed E-state index contributed by atoms with van der Waals surface area (Å²) in [6.45, 7) is 7.54. The van der Waals surface area contributed by atoms with Gasteiger partial charge in [-0.05, 0) is 118 Å². The third kappa shape index (κ3) is 8.02. The number of ketones is 1. The Morgan fingerprint density at radius 3 is 2.58 bits per heavy atom. The number of urea groups is 1. The van der Waals surface area contributed by atoms with Crippen LogP contribution in [-0.2, 0) is 11.2 Å². The Kier molecular flexibility index (Phi) is 11.2. The van der Waals surface area contributed by atoms with Crippen LogP contribution in [0.3, 0.4) is 0 Å². The first-order valence-corrected chi connectivity index (χ1v) is 20.3. The Morgan fingerprint density at radius 2 is 1.81 bits per heavy atom. The third-order valence-electron chi connectivity index (χ3n) is 12.4.